The summed E-state index contributed by atoms with van der Waals surface area (Å²) < 4.78 is 27.0. The maximum atomic E-state index is 13.0. The van der Waals surface area contributed by atoms with Gasteiger partial charge in [-0.15, -0.1) is 0 Å². The van der Waals surface area contributed by atoms with Crippen molar-refractivity contribution >= 4 is 11.0 Å². The van der Waals surface area contributed by atoms with Gasteiger partial charge in [0.05, 0.1) is 42.4 Å². The SMILES string of the molecule is CCCCCCCCCCCCCC[C@@H](O)[C@@H](O)[C@H](CO[C@H]1O[C@H](CO)[C@H](O)[C@H](O)[C@H]1O)NS(=O)CCCCCCCCCCCC. The van der Waals surface area contributed by atoms with Crippen molar-refractivity contribution in [3.8, 4) is 0 Å². The molecule has 0 aromatic carbocycles. The number of nitrogens with one attached hydrogen (secondary N) is 1. The smallest absolute Gasteiger partial charge is 0.186 e. The van der Waals surface area contributed by atoms with Crippen LogP contribution in [-0.4, -0.2) is 103 Å². The van der Waals surface area contributed by atoms with Crippen molar-refractivity contribution in [3.05, 3.63) is 0 Å². The van der Waals surface area contributed by atoms with Gasteiger partial charge in [0, 0.05) is 5.75 Å². The average Bonchev–Trinajstić information content (AvgIpc) is 3.07. The normalized spacial score (nSPS) is 24.3. The van der Waals surface area contributed by atoms with Crippen LogP contribution in [-0.2, 0) is 20.5 Å². The van der Waals surface area contributed by atoms with Gasteiger partial charge in [-0.25, -0.2) is 8.93 Å². The molecule has 0 bridgehead atoms. The lowest BCUT2D eigenvalue weighted by Crippen LogP contribution is -2.60. The van der Waals surface area contributed by atoms with E-state index in [9.17, 15) is 34.8 Å². The van der Waals surface area contributed by atoms with E-state index in [1.165, 1.54) is 103 Å². The molecule has 1 aliphatic rings. The molecule has 0 aromatic rings. The van der Waals surface area contributed by atoms with E-state index in [2.05, 4.69) is 18.6 Å². The van der Waals surface area contributed by atoms with E-state index in [1.807, 2.05) is 0 Å². The molecular formula is C36H73NO9S. The van der Waals surface area contributed by atoms with E-state index in [0.29, 0.717) is 12.2 Å². The summed E-state index contributed by atoms with van der Waals surface area (Å²) in [6.45, 7) is 3.59. The Kier molecular flexibility index (Phi) is 28.1. The first-order valence-corrected chi connectivity index (χ1v) is 20.5. The maximum absolute atomic E-state index is 13.0. The molecule has 0 radical (unpaired) electrons. The highest BCUT2D eigenvalue weighted by Crippen LogP contribution is 2.23. The number of hydrogen-bond donors (Lipinski definition) is 7. The minimum atomic E-state index is -1.59. The minimum Gasteiger partial charge on any atom is -0.394 e. The first kappa shape index (κ1) is 44.8. The van der Waals surface area contributed by atoms with Gasteiger partial charge in [-0.3, -0.25) is 0 Å². The summed E-state index contributed by atoms with van der Waals surface area (Å²) in [6, 6.07) is -0.932. The summed E-state index contributed by atoms with van der Waals surface area (Å²) in [6.07, 6.45) is 16.9. The van der Waals surface area contributed by atoms with E-state index in [4.69, 9.17) is 9.47 Å². The second-order valence-electron chi connectivity index (χ2n) is 13.7. The highest BCUT2D eigenvalue weighted by Gasteiger charge is 2.44. The molecule has 0 aromatic heterocycles. The third kappa shape index (κ3) is 20.9. The largest absolute Gasteiger partial charge is 0.394 e. The summed E-state index contributed by atoms with van der Waals surface area (Å²) in [4.78, 5) is 0. The molecule has 0 spiro atoms. The van der Waals surface area contributed by atoms with Crippen LogP contribution in [0.5, 0.6) is 0 Å². The second kappa shape index (κ2) is 29.5. The van der Waals surface area contributed by atoms with E-state index in [1.54, 1.807) is 0 Å². The van der Waals surface area contributed by atoms with E-state index in [0.717, 1.165) is 38.5 Å². The average molecular weight is 696 g/mol. The van der Waals surface area contributed by atoms with Gasteiger partial charge in [0.1, 0.15) is 24.4 Å². The van der Waals surface area contributed by atoms with Gasteiger partial charge in [-0.05, 0) is 12.8 Å². The first-order valence-electron chi connectivity index (χ1n) is 19.2. The topological polar surface area (TPSA) is 169 Å². The predicted octanol–water partition coefficient (Wildman–Crippen LogP) is 5.16. The molecule has 11 heteroatoms. The first-order chi connectivity index (χ1) is 22.8. The zero-order valence-corrected chi connectivity index (χ0v) is 30.6. The van der Waals surface area contributed by atoms with Crippen molar-refractivity contribution in [2.45, 2.75) is 210 Å². The Labute approximate surface area is 289 Å². The van der Waals surface area contributed by atoms with E-state index in [-0.39, 0.29) is 6.61 Å². The number of ether oxygens (including phenoxy) is 2. The maximum Gasteiger partial charge on any atom is 0.186 e. The molecule has 10 nitrogen and oxygen atoms in total. The predicted molar refractivity (Wildman–Crippen MR) is 189 cm³/mol. The fourth-order valence-corrected chi connectivity index (χ4v) is 7.32. The quantitative estimate of drug-likeness (QED) is 0.0470. The van der Waals surface area contributed by atoms with Crippen molar-refractivity contribution < 1.29 is 44.3 Å². The Morgan fingerprint density at radius 2 is 1.11 bits per heavy atom. The monoisotopic (exact) mass is 696 g/mol. The summed E-state index contributed by atoms with van der Waals surface area (Å²) in [5.41, 5.74) is 0. The molecule has 9 atom stereocenters. The van der Waals surface area contributed by atoms with Crippen LogP contribution in [0.2, 0.25) is 0 Å². The zero-order chi connectivity index (χ0) is 34.7. The summed E-state index contributed by atoms with van der Waals surface area (Å²) in [5, 5.41) is 61.9. The summed E-state index contributed by atoms with van der Waals surface area (Å²) >= 11 is 0. The van der Waals surface area contributed by atoms with Crippen LogP contribution in [0.1, 0.15) is 162 Å². The van der Waals surface area contributed by atoms with Gasteiger partial charge in [0.15, 0.2) is 6.29 Å². The highest BCUT2D eigenvalue weighted by molar-refractivity contribution is 7.83. The number of aliphatic hydroxyl groups excluding tert-OH is 6. The lowest BCUT2D eigenvalue weighted by Gasteiger charge is -2.40. The minimum absolute atomic E-state index is 0.275. The molecule has 0 saturated carbocycles. The Bertz CT molecular complexity index is 735. The molecule has 1 heterocycles. The van der Waals surface area contributed by atoms with Gasteiger partial charge in [-0.2, -0.15) is 0 Å². The molecule has 282 valence electrons. The zero-order valence-electron chi connectivity index (χ0n) is 29.8. The number of aliphatic hydroxyl groups is 6. The molecule has 1 saturated heterocycles. The number of rotatable bonds is 32. The Hall–Kier alpha value is -0.210. The molecule has 1 fully saturated rings. The summed E-state index contributed by atoms with van der Waals surface area (Å²) in [5.74, 6) is 0.397. The Morgan fingerprint density at radius 3 is 1.57 bits per heavy atom. The van der Waals surface area contributed by atoms with Crippen molar-refractivity contribution in [1.29, 1.82) is 0 Å². The Morgan fingerprint density at radius 1 is 0.660 bits per heavy atom. The lowest BCUT2D eigenvalue weighted by atomic mass is 9.99. The Balaban J connectivity index is 2.50. The van der Waals surface area contributed by atoms with Gasteiger partial charge < -0.3 is 40.1 Å². The van der Waals surface area contributed by atoms with Crippen molar-refractivity contribution in [1.82, 2.24) is 4.72 Å². The molecule has 1 aliphatic heterocycles. The molecular weight excluding hydrogens is 622 g/mol. The fraction of sp³-hybridized carbons (Fsp3) is 1.00. The van der Waals surface area contributed by atoms with Gasteiger partial charge in [0.2, 0.25) is 0 Å². The van der Waals surface area contributed by atoms with Crippen LogP contribution in [0.3, 0.4) is 0 Å². The van der Waals surface area contributed by atoms with E-state index < -0.39 is 66.5 Å². The van der Waals surface area contributed by atoms with Crippen LogP contribution in [0, 0.1) is 0 Å². The third-order valence-corrected chi connectivity index (χ3v) is 10.6. The van der Waals surface area contributed by atoms with Crippen LogP contribution in [0.4, 0.5) is 0 Å². The van der Waals surface area contributed by atoms with Crippen LogP contribution in [0.25, 0.3) is 0 Å². The van der Waals surface area contributed by atoms with Gasteiger partial charge >= 0.3 is 0 Å². The number of unbranched alkanes of at least 4 members (excludes halogenated alkanes) is 20. The second-order valence-corrected chi connectivity index (χ2v) is 15.1. The van der Waals surface area contributed by atoms with Crippen molar-refractivity contribution in [2.24, 2.45) is 0 Å². The van der Waals surface area contributed by atoms with Crippen LogP contribution >= 0.6 is 0 Å². The van der Waals surface area contributed by atoms with Crippen molar-refractivity contribution in [3.63, 3.8) is 0 Å². The standard InChI is InChI=1S/C36H73NO9S/c1-3-5-7-9-11-13-15-16-17-19-21-23-25-30(39)32(40)29(28-45-36-35(43)34(42)33(41)31(27-38)46-36)37-47(44)26-24-22-20-18-14-12-10-8-6-4-2/h29-43H,3-28H2,1-2H3/t29-,30+,31+,32-,33-,34-,35+,36-,47?/m0/s1. The third-order valence-electron chi connectivity index (χ3n) is 9.41. The lowest BCUT2D eigenvalue weighted by molar-refractivity contribution is -0.303. The van der Waals surface area contributed by atoms with Gasteiger partial charge in [0.25, 0.3) is 0 Å². The summed E-state index contributed by atoms with van der Waals surface area (Å²) in [7, 11) is -1.49. The fourth-order valence-electron chi connectivity index (χ4n) is 6.19. The van der Waals surface area contributed by atoms with Crippen LogP contribution < -0.4 is 4.72 Å². The molecule has 7 N–H and O–H groups in total. The van der Waals surface area contributed by atoms with Gasteiger partial charge in [-0.1, -0.05) is 149 Å². The molecule has 1 unspecified atom stereocenters. The van der Waals surface area contributed by atoms with Crippen LogP contribution in [0.15, 0.2) is 0 Å². The molecule has 1 rings (SSSR count). The number of hydrogen-bond acceptors (Lipinski definition) is 9. The molecule has 0 amide bonds. The highest BCUT2D eigenvalue weighted by atomic mass is 32.2. The molecule has 0 aliphatic carbocycles. The molecule has 47 heavy (non-hydrogen) atoms. The van der Waals surface area contributed by atoms with E-state index >= 15 is 0 Å². The van der Waals surface area contributed by atoms with Crippen molar-refractivity contribution in [2.75, 3.05) is 19.0 Å².